The van der Waals surface area contributed by atoms with Gasteiger partial charge in [-0.25, -0.2) is 4.39 Å². The summed E-state index contributed by atoms with van der Waals surface area (Å²) in [5.74, 6) is -0.124. The van der Waals surface area contributed by atoms with Gasteiger partial charge in [-0.2, -0.15) is 0 Å². The van der Waals surface area contributed by atoms with Gasteiger partial charge in [-0.3, -0.25) is 0 Å². The lowest BCUT2D eigenvalue weighted by atomic mass is 10.0. The van der Waals surface area contributed by atoms with Crippen molar-refractivity contribution < 1.29 is 4.39 Å². The lowest BCUT2D eigenvalue weighted by molar-refractivity contribution is 0.613. The summed E-state index contributed by atoms with van der Waals surface area (Å²) in [4.78, 5) is 0. The molecule has 0 N–H and O–H groups in total. The highest BCUT2D eigenvalue weighted by Gasteiger charge is 2.03. The summed E-state index contributed by atoms with van der Waals surface area (Å²) in [6.45, 7) is 2.05. The molecule has 0 aromatic heterocycles. The third kappa shape index (κ3) is 2.82. The monoisotopic (exact) mass is 326 g/mol. The van der Waals surface area contributed by atoms with Crippen LogP contribution in [0.2, 0.25) is 0 Å². The normalized spacial score (nSPS) is 10.4. The average molecular weight is 326 g/mol. The third-order valence-electron chi connectivity index (χ3n) is 2.52. The first kappa shape index (κ1) is 11.6. The molecule has 2 aromatic carbocycles. The van der Waals surface area contributed by atoms with Gasteiger partial charge in [-0.15, -0.1) is 0 Å². The first-order valence-corrected chi connectivity index (χ1v) is 6.22. The van der Waals surface area contributed by atoms with Crippen molar-refractivity contribution in [3.8, 4) is 0 Å². The molecule has 2 heteroatoms. The SMILES string of the molecule is Cc1ccc(Cc2cc(I)ccc2F)cc1. The summed E-state index contributed by atoms with van der Waals surface area (Å²) >= 11 is 2.20. The molecule has 0 radical (unpaired) electrons. The second-order valence-corrected chi connectivity index (χ2v) is 5.14. The van der Waals surface area contributed by atoms with Gasteiger partial charge in [-0.1, -0.05) is 29.8 Å². The minimum absolute atomic E-state index is 0.124. The van der Waals surface area contributed by atoms with Crippen molar-refractivity contribution in [1.82, 2.24) is 0 Å². The Bertz CT molecular complexity index is 489. The number of rotatable bonds is 2. The van der Waals surface area contributed by atoms with Gasteiger partial charge in [0.15, 0.2) is 0 Å². The summed E-state index contributed by atoms with van der Waals surface area (Å²) in [6, 6.07) is 13.4. The van der Waals surface area contributed by atoms with Crippen molar-refractivity contribution >= 4 is 22.6 Å². The summed E-state index contributed by atoms with van der Waals surface area (Å²) in [5, 5.41) is 0. The molecule has 0 nitrogen and oxygen atoms in total. The Morgan fingerprint density at radius 3 is 2.44 bits per heavy atom. The van der Waals surface area contributed by atoms with E-state index in [1.165, 1.54) is 11.6 Å². The van der Waals surface area contributed by atoms with Gasteiger partial charge in [0.2, 0.25) is 0 Å². The molecule has 0 heterocycles. The lowest BCUT2D eigenvalue weighted by Crippen LogP contribution is -1.93. The van der Waals surface area contributed by atoms with Gasteiger partial charge in [0.1, 0.15) is 5.82 Å². The standard InChI is InChI=1S/C14H12FI/c1-10-2-4-11(5-3-10)8-12-9-13(16)6-7-14(12)15/h2-7,9H,8H2,1H3. The Morgan fingerprint density at radius 1 is 1.06 bits per heavy atom. The van der Waals surface area contributed by atoms with Gasteiger partial charge in [0.05, 0.1) is 0 Å². The molecule has 0 aliphatic rings. The van der Waals surface area contributed by atoms with Crippen molar-refractivity contribution in [1.29, 1.82) is 0 Å². The van der Waals surface area contributed by atoms with Crippen molar-refractivity contribution in [3.63, 3.8) is 0 Å². The fourth-order valence-electron chi connectivity index (χ4n) is 1.60. The number of aryl methyl sites for hydroxylation is 1. The molecule has 0 saturated heterocycles. The number of hydrogen-bond acceptors (Lipinski definition) is 0. The predicted molar refractivity (Wildman–Crippen MR) is 73.1 cm³/mol. The zero-order valence-corrected chi connectivity index (χ0v) is 11.2. The van der Waals surface area contributed by atoms with Crippen LogP contribution in [0.1, 0.15) is 16.7 Å². The fraction of sp³-hybridized carbons (Fsp3) is 0.143. The molecule has 0 atom stereocenters. The zero-order valence-electron chi connectivity index (χ0n) is 9.00. The zero-order chi connectivity index (χ0) is 11.5. The van der Waals surface area contributed by atoms with E-state index in [2.05, 4.69) is 53.8 Å². The van der Waals surface area contributed by atoms with Crippen LogP contribution in [-0.4, -0.2) is 0 Å². The number of halogens is 2. The van der Waals surface area contributed by atoms with Crippen LogP contribution < -0.4 is 0 Å². The molecular weight excluding hydrogens is 314 g/mol. The van der Waals surface area contributed by atoms with Crippen LogP contribution in [0.25, 0.3) is 0 Å². The van der Waals surface area contributed by atoms with E-state index in [4.69, 9.17) is 0 Å². The maximum absolute atomic E-state index is 13.5. The van der Waals surface area contributed by atoms with Crippen LogP contribution >= 0.6 is 22.6 Å². The first-order valence-electron chi connectivity index (χ1n) is 5.14. The van der Waals surface area contributed by atoms with E-state index in [1.54, 1.807) is 6.07 Å². The second kappa shape index (κ2) is 4.95. The van der Waals surface area contributed by atoms with Crippen molar-refractivity contribution in [2.45, 2.75) is 13.3 Å². The molecule has 0 bridgehead atoms. The minimum atomic E-state index is -0.124. The molecule has 0 fully saturated rings. The summed E-state index contributed by atoms with van der Waals surface area (Å²) in [7, 11) is 0. The lowest BCUT2D eigenvalue weighted by Gasteiger charge is -2.04. The smallest absolute Gasteiger partial charge is 0.126 e. The molecule has 0 spiro atoms. The van der Waals surface area contributed by atoms with Crippen LogP contribution in [0.3, 0.4) is 0 Å². The van der Waals surface area contributed by atoms with Crippen molar-refractivity contribution in [2.24, 2.45) is 0 Å². The second-order valence-electron chi connectivity index (χ2n) is 3.90. The van der Waals surface area contributed by atoms with E-state index in [9.17, 15) is 4.39 Å². The van der Waals surface area contributed by atoms with Gasteiger partial charge < -0.3 is 0 Å². The van der Waals surface area contributed by atoms with E-state index in [0.717, 1.165) is 14.7 Å². The van der Waals surface area contributed by atoms with Crippen molar-refractivity contribution in [2.75, 3.05) is 0 Å². The highest BCUT2D eigenvalue weighted by molar-refractivity contribution is 14.1. The van der Waals surface area contributed by atoms with Crippen LogP contribution in [0, 0.1) is 16.3 Å². The molecule has 0 saturated carbocycles. The Balaban J connectivity index is 2.26. The average Bonchev–Trinajstić information content (AvgIpc) is 2.27. The minimum Gasteiger partial charge on any atom is -0.207 e. The van der Waals surface area contributed by atoms with E-state index >= 15 is 0 Å². The molecule has 2 rings (SSSR count). The van der Waals surface area contributed by atoms with Gasteiger partial charge in [-0.05, 0) is 58.8 Å². The third-order valence-corrected chi connectivity index (χ3v) is 3.19. The molecule has 0 aliphatic heterocycles. The number of benzene rings is 2. The summed E-state index contributed by atoms with van der Waals surface area (Å²) in [5.41, 5.74) is 3.13. The fourth-order valence-corrected chi connectivity index (χ4v) is 2.16. The molecule has 16 heavy (non-hydrogen) atoms. The molecule has 0 unspecified atom stereocenters. The van der Waals surface area contributed by atoms with Crippen LogP contribution in [0.5, 0.6) is 0 Å². The van der Waals surface area contributed by atoms with Gasteiger partial charge in [0, 0.05) is 9.99 Å². The predicted octanol–water partition coefficient (Wildman–Crippen LogP) is 4.33. The van der Waals surface area contributed by atoms with Gasteiger partial charge >= 0.3 is 0 Å². The molecule has 0 aliphatic carbocycles. The van der Waals surface area contributed by atoms with E-state index in [1.807, 2.05) is 6.07 Å². The maximum Gasteiger partial charge on any atom is 0.126 e. The summed E-state index contributed by atoms with van der Waals surface area (Å²) < 4.78 is 14.6. The van der Waals surface area contributed by atoms with Crippen LogP contribution in [-0.2, 0) is 6.42 Å². The molecule has 0 amide bonds. The van der Waals surface area contributed by atoms with Crippen LogP contribution in [0.4, 0.5) is 4.39 Å². The van der Waals surface area contributed by atoms with Crippen molar-refractivity contribution in [3.05, 3.63) is 68.5 Å². The van der Waals surface area contributed by atoms with E-state index in [-0.39, 0.29) is 5.82 Å². The van der Waals surface area contributed by atoms with Gasteiger partial charge in [0.25, 0.3) is 0 Å². The first-order chi connectivity index (χ1) is 7.65. The highest BCUT2D eigenvalue weighted by atomic mass is 127. The topological polar surface area (TPSA) is 0 Å². The molecule has 82 valence electrons. The quantitative estimate of drug-likeness (QED) is 0.721. The van der Waals surface area contributed by atoms with E-state index in [0.29, 0.717) is 6.42 Å². The van der Waals surface area contributed by atoms with Crippen LogP contribution in [0.15, 0.2) is 42.5 Å². The highest BCUT2D eigenvalue weighted by Crippen LogP contribution is 2.16. The Kier molecular flexibility index (Phi) is 3.59. The Hall–Kier alpha value is -0.900. The largest absolute Gasteiger partial charge is 0.207 e. The Morgan fingerprint density at radius 2 is 1.75 bits per heavy atom. The summed E-state index contributed by atoms with van der Waals surface area (Å²) in [6.07, 6.45) is 0.656. The molecule has 2 aromatic rings. The number of hydrogen-bond donors (Lipinski definition) is 0. The Labute approximate surface area is 109 Å². The maximum atomic E-state index is 13.5. The van der Waals surface area contributed by atoms with E-state index < -0.39 is 0 Å². The molecular formula is C14H12FI.